The van der Waals surface area contributed by atoms with E-state index in [2.05, 4.69) is 50.0 Å². The zero-order valence-corrected chi connectivity index (χ0v) is 29.7. The summed E-state index contributed by atoms with van der Waals surface area (Å²) in [4.78, 5) is 9.18. The first kappa shape index (κ1) is 33.6. The number of H-pyrrole nitrogens is 1. The Morgan fingerprint density at radius 3 is 1.69 bits per heavy atom. The topological polar surface area (TPSA) is 94.2 Å². The van der Waals surface area contributed by atoms with E-state index in [4.69, 9.17) is 14.5 Å². The zero-order chi connectivity index (χ0) is 36.4. The van der Waals surface area contributed by atoms with Gasteiger partial charge in [-0.2, -0.15) is 10.5 Å². The Morgan fingerprint density at radius 1 is 0.635 bits per heavy atom. The number of benzene rings is 5. The highest BCUT2D eigenvalue weighted by Gasteiger charge is 2.33. The molecule has 6 heteroatoms. The maximum absolute atomic E-state index is 10.9. The van der Waals surface area contributed by atoms with Crippen molar-refractivity contribution in [2.75, 3.05) is 14.2 Å². The van der Waals surface area contributed by atoms with Crippen LogP contribution in [0.3, 0.4) is 0 Å². The number of aromatic amines is 1. The van der Waals surface area contributed by atoms with E-state index in [1.54, 1.807) is 14.2 Å². The standard InChI is InChI=1S/C46H36N4O2/c1-28-24-29(2)39(30(3)25-28)42(45-40(31-12-8-6-9-13-31)37(26-47)43(49-45)33-16-20-35(51-4)21-17-33)46-41(32-14-10-7-11-15-32)38(27-48)44(50-46)34-18-22-36(52-5)23-19-34/h6-25,49H,1-5H3/b46-42-. The van der Waals surface area contributed by atoms with E-state index in [1.165, 1.54) is 0 Å². The van der Waals surface area contributed by atoms with E-state index in [-0.39, 0.29) is 0 Å². The van der Waals surface area contributed by atoms with E-state index in [1.807, 2.05) is 109 Å². The number of aromatic nitrogens is 1. The van der Waals surface area contributed by atoms with Crippen molar-refractivity contribution in [1.82, 2.24) is 4.98 Å². The number of hydrogen-bond acceptors (Lipinski definition) is 5. The Labute approximate surface area is 304 Å². The van der Waals surface area contributed by atoms with Crippen LogP contribution in [0.25, 0.3) is 33.5 Å². The predicted octanol–water partition coefficient (Wildman–Crippen LogP) is 10.4. The predicted molar refractivity (Wildman–Crippen MR) is 208 cm³/mol. The molecule has 6 nitrogen and oxygen atoms in total. The second-order valence-corrected chi connectivity index (χ2v) is 12.7. The number of nitrogens with zero attached hydrogens (tertiary/aromatic N) is 3. The number of hydrogen-bond donors (Lipinski definition) is 1. The summed E-state index contributed by atoms with van der Waals surface area (Å²) in [5.41, 5.74) is 13.5. The monoisotopic (exact) mass is 676 g/mol. The maximum Gasteiger partial charge on any atom is 0.118 e. The van der Waals surface area contributed by atoms with Crippen molar-refractivity contribution in [3.8, 4) is 46.0 Å². The third kappa shape index (κ3) is 5.98. The van der Waals surface area contributed by atoms with Crippen molar-refractivity contribution in [2.45, 2.75) is 20.8 Å². The van der Waals surface area contributed by atoms with Gasteiger partial charge in [-0.05, 0) is 103 Å². The zero-order valence-electron chi connectivity index (χ0n) is 29.7. The number of aliphatic imine (C=N–C) groups is 1. The van der Waals surface area contributed by atoms with Crippen molar-refractivity contribution in [3.05, 3.63) is 177 Å². The second kappa shape index (κ2) is 14.2. The molecule has 52 heavy (non-hydrogen) atoms. The molecule has 0 atom stereocenters. The van der Waals surface area contributed by atoms with Crippen LogP contribution in [0.2, 0.25) is 0 Å². The minimum atomic E-state index is 0.468. The van der Waals surface area contributed by atoms with Gasteiger partial charge in [0.05, 0.1) is 48.2 Å². The number of ether oxygens (including phenoxy) is 2. The molecule has 6 aromatic rings. The Morgan fingerprint density at radius 2 is 1.17 bits per heavy atom. The molecular formula is C46H36N4O2. The van der Waals surface area contributed by atoms with Gasteiger partial charge >= 0.3 is 0 Å². The lowest BCUT2D eigenvalue weighted by molar-refractivity contribution is 0.414. The van der Waals surface area contributed by atoms with E-state index >= 15 is 0 Å². The molecule has 0 fully saturated rings. The lowest BCUT2D eigenvalue weighted by Crippen LogP contribution is -2.03. The molecule has 0 saturated carbocycles. The highest BCUT2D eigenvalue weighted by Crippen LogP contribution is 2.48. The molecule has 0 radical (unpaired) electrons. The van der Waals surface area contributed by atoms with E-state index in [0.29, 0.717) is 34.0 Å². The Bertz CT molecular complexity index is 2470. The fourth-order valence-electron chi connectivity index (χ4n) is 7.20. The Kier molecular flexibility index (Phi) is 9.14. The van der Waals surface area contributed by atoms with Crippen LogP contribution in [-0.2, 0) is 0 Å². The van der Waals surface area contributed by atoms with Gasteiger partial charge in [-0.15, -0.1) is 0 Å². The van der Waals surface area contributed by atoms with Crippen LogP contribution in [0.5, 0.6) is 11.5 Å². The van der Waals surface area contributed by atoms with Crippen molar-refractivity contribution >= 4 is 16.9 Å². The minimum absolute atomic E-state index is 0.468. The van der Waals surface area contributed by atoms with Crippen LogP contribution < -0.4 is 9.47 Å². The third-order valence-corrected chi connectivity index (χ3v) is 9.45. The second-order valence-electron chi connectivity index (χ2n) is 12.7. The van der Waals surface area contributed by atoms with Crippen molar-refractivity contribution in [3.63, 3.8) is 0 Å². The summed E-state index contributed by atoms with van der Waals surface area (Å²) in [6, 6.07) is 44.7. The number of allylic oxidation sites excluding steroid dienone is 2. The summed E-state index contributed by atoms with van der Waals surface area (Å²) >= 11 is 0. The molecule has 0 spiro atoms. The summed E-state index contributed by atoms with van der Waals surface area (Å²) in [5, 5.41) is 21.9. The first-order valence-electron chi connectivity index (χ1n) is 17.0. The Balaban J connectivity index is 1.67. The average Bonchev–Trinajstić information content (AvgIpc) is 3.76. The maximum atomic E-state index is 10.9. The molecule has 2 heterocycles. The summed E-state index contributed by atoms with van der Waals surface area (Å²) in [5.74, 6) is 1.43. The van der Waals surface area contributed by atoms with Crippen molar-refractivity contribution in [2.24, 2.45) is 4.99 Å². The first-order valence-corrected chi connectivity index (χ1v) is 17.0. The molecule has 0 saturated heterocycles. The van der Waals surface area contributed by atoms with Gasteiger partial charge in [-0.1, -0.05) is 78.4 Å². The lowest BCUT2D eigenvalue weighted by Gasteiger charge is -2.20. The molecule has 1 aliphatic heterocycles. The van der Waals surface area contributed by atoms with Gasteiger partial charge in [0, 0.05) is 22.3 Å². The Hall–Kier alpha value is -6.89. The lowest BCUT2D eigenvalue weighted by atomic mass is 9.84. The van der Waals surface area contributed by atoms with E-state index in [0.717, 1.165) is 72.7 Å². The average molecular weight is 677 g/mol. The molecule has 5 aromatic carbocycles. The number of nitrogens with one attached hydrogen (secondary N) is 1. The largest absolute Gasteiger partial charge is 0.497 e. The normalized spacial score (nSPS) is 13.3. The number of methoxy groups -OCH3 is 2. The van der Waals surface area contributed by atoms with Crippen molar-refractivity contribution < 1.29 is 9.47 Å². The highest BCUT2D eigenvalue weighted by molar-refractivity contribution is 6.26. The van der Waals surface area contributed by atoms with Gasteiger partial charge < -0.3 is 14.5 Å². The molecule has 7 rings (SSSR count). The van der Waals surface area contributed by atoms with Gasteiger partial charge in [0.2, 0.25) is 0 Å². The smallest absolute Gasteiger partial charge is 0.118 e. The van der Waals surface area contributed by atoms with Crippen LogP contribution >= 0.6 is 0 Å². The van der Waals surface area contributed by atoms with E-state index in [9.17, 15) is 10.5 Å². The molecule has 1 aromatic heterocycles. The summed E-state index contributed by atoms with van der Waals surface area (Å²) in [6.45, 7) is 6.31. The molecule has 0 amide bonds. The molecule has 1 aliphatic rings. The fourth-order valence-corrected chi connectivity index (χ4v) is 7.20. The highest BCUT2D eigenvalue weighted by atomic mass is 16.5. The first-order chi connectivity index (χ1) is 25.4. The van der Waals surface area contributed by atoms with Gasteiger partial charge in [0.1, 0.15) is 23.6 Å². The minimum Gasteiger partial charge on any atom is -0.497 e. The fraction of sp³-hybridized carbons (Fsp3) is 0.109. The van der Waals surface area contributed by atoms with Gasteiger partial charge in [0.15, 0.2) is 0 Å². The van der Waals surface area contributed by atoms with Crippen LogP contribution in [0, 0.1) is 43.4 Å². The number of aryl methyl sites for hydroxylation is 3. The summed E-state index contributed by atoms with van der Waals surface area (Å²) < 4.78 is 10.9. The molecule has 0 unspecified atom stereocenters. The molecule has 1 N–H and O–H groups in total. The van der Waals surface area contributed by atoms with Gasteiger partial charge in [0.25, 0.3) is 0 Å². The molecule has 252 valence electrons. The molecule has 0 aliphatic carbocycles. The van der Waals surface area contributed by atoms with Crippen LogP contribution in [0.1, 0.15) is 44.6 Å². The van der Waals surface area contributed by atoms with Crippen LogP contribution in [0.4, 0.5) is 0 Å². The summed E-state index contributed by atoms with van der Waals surface area (Å²) in [7, 11) is 3.27. The van der Waals surface area contributed by atoms with Crippen molar-refractivity contribution in [1.29, 1.82) is 10.5 Å². The van der Waals surface area contributed by atoms with E-state index < -0.39 is 0 Å². The quantitative estimate of drug-likeness (QED) is 0.174. The van der Waals surface area contributed by atoms with Gasteiger partial charge in [-0.3, -0.25) is 0 Å². The molecular weight excluding hydrogens is 641 g/mol. The van der Waals surface area contributed by atoms with Crippen LogP contribution in [-0.4, -0.2) is 24.9 Å². The number of nitriles is 2. The third-order valence-electron chi connectivity index (χ3n) is 9.45. The summed E-state index contributed by atoms with van der Waals surface area (Å²) in [6.07, 6.45) is 0. The van der Waals surface area contributed by atoms with Gasteiger partial charge in [-0.25, -0.2) is 4.99 Å². The molecule has 0 bridgehead atoms. The SMILES string of the molecule is COc1ccc(C2=N/C(=C(\c3[nH]c(-c4ccc(OC)cc4)c(C#N)c3-c3ccccc3)c3c(C)cc(C)cc3C)C(c3ccccc3)=C2C#N)cc1. The van der Waals surface area contributed by atoms with Crippen LogP contribution in [0.15, 0.2) is 138 Å². The number of rotatable bonds is 8.